The van der Waals surface area contributed by atoms with E-state index in [0.717, 1.165) is 74.6 Å². The highest BCUT2D eigenvalue weighted by molar-refractivity contribution is 5.87. The molecular formula is C32H32N4O. The number of hydrogen-bond donors (Lipinski definition) is 2. The zero-order valence-corrected chi connectivity index (χ0v) is 21.4. The van der Waals surface area contributed by atoms with Crippen LogP contribution >= 0.6 is 0 Å². The summed E-state index contributed by atoms with van der Waals surface area (Å²) in [6, 6.07) is 23.2. The first-order valence-corrected chi connectivity index (χ1v) is 13.3. The van der Waals surface area contributed by atoms with Crippen molar-refractivity contribution in [3.8, 4) is 22.5 Å². The normalized spacial score (nSPS) is 13.0. The first-order valence-electron chi connectivity index (χ1n) is 13.3. The van der Waals surface area contributed by atoms with Gasteiger partial charge in [0.05, 0.1) is 28.9 Å². The van der Waals surface area contributed by atoms with Gasteiger partial charge in [-0.3, -0.25) is 0 Å². The fourth-order valence-corrected chi connectivity index (χ4v) is 5.08. The Morgan fingerprint density at radius 2 is 1.46 bits per heavy atom. The van der Waals surface area contributed by atoms with E-state index in [0.29, 0.717) is 0 Å². The Kier molecular flexibility index (Phi) is 6.46. The minimum atomic E-state index is -0.0280. The number of H-pyrrole nitrogens is 2. The van der Waals surface area contributed by atoms with E-state index in [9.17, 15) is 0 Å². The van der Waals surface area contributed by atoms with Crippen LogP contribution in [-0.4, -0.2) is 26.5 Å². The Morgan fingerprint density at radius 3 is 2.24 bits per heavy atom. The lowest BCUT2D eigenvalue weighted by Crippen LogP contribution is -2.01. The van der Waals surface area contributed by atoms with E-state index < -0.39 is 0 Å². The molecule has 5 heteroatoms. The second kappa shape index (κ2) is 10.2. The van der Waals surface area contributed by atoms with E-state index in [1.54, 1.807) is 0 Å². The van der Waals surface area contributed by atoms with Crippen LogP contribution in [0.3, 0.4) is 0 Å². The van der Waals surface area contributed by atoms with E-state index in [4.69, 9.17) is 14.7 Å². The average Bonchev–Trinajstić information content (AvgIpc) is 3.68. The predicted octanol–water partition coefficient (Wildman–Crippen LogP) is 8.48. The summed E-state index contributed by atoms with van der Waals surface area (Å²) in [6.07, 6.45) is 8.84. The summed E-state index contributed by atoms with van der Waals surface area (Å²) in [5.74, 6) is 0. The number of fused-ring (bicyclic) bond motifs is 11. The molecule has 37 heavy (non-hydrogen) atoms. The second-order valence-corrected chi connectivity index (χ2v) is 9.84. The van der Waals surface area contributed by atoms with Gasteiger partial charge in [-0.05, 0) is 68.0 Å². The van der Waals surface area contributed by atoms with Crippen molar-refractivity contribution in [3.05, 3.63) is 83.7 Å². The van der Waals surface area contributed by atoms with Crippen LogP contribution in [0.4, 0.5) is 0 Å². The molecule has 0 spiro atoms. The van der Waals surface area contributed by atoms with Gasteiger partial charge in [-0.15, -0.1) is 0 Å². The van der Waals surface area contributed by atoms with E-state index in [1.165, 1.54) is 19.3 Å². The van der Waals surface area contributed by atoms with Crippen molar-refractivity contribution < 1.29 is 4.74 Å². The van der Waals surface area contributed by atoms with Gasteiger partial charge in [0.2, 0.25) is 0 Å². The molecule has 1 unspecified atom stereocenters. The van der Waals surface area contributed by atoms with Crippen LogP contribution in [0, 0.1) is 0 Å². The van der Waals surface area contributed by atoms with Crippen LogP contribution in [0.1, 0.15) is 62.6 Å². The number of aromatic nitrogens is 4. The van der Waals surface area contributed by atoms with Crippen LogP contribution in [-0.2, 0) is 4.74 Å². The number of unbranched alkanes of at least 4 members (excludes halogenated alkanes) is 3. The molecule has 2 aliphatic rings. The molecule has 5 nitrogen and oxygen atoms in total. The SMILES string of the molecule is CCCCCCOC(C)c1cc2cc3ccc(cc4nc(cc5nc(cc1[nH]2)-c1ccccc1-5)C=C4)[nH]3. The Labute approximate surface area is 217 Å². The summed E-state index contributed by atoms with van der Waals surface area (Å²) in [5.41, 5.74) is 11.2. The van der Waals surface area contributed by atoms with Gasteiger partial charge in [0, 0.05) is 45.4 Å². The van der Waals surface area contributed by atoms with Crippen LogP contribution in [0.15, 0.2) is 66.7 Å². The monoisotopic (exact) mass is 488 g/mol. The topological polar surface area (TPSA) is 66.6 Å². The van der Waals surface area contributed by atoms with Gasteiger partial charge >= 0.3 is 0 Å². The summed E-state index contributed by atoms with van der Waals surface area (Å²) < 4.78 is 6.29. The Balaban J connectivity index is 1.53. The molecule has 0 fully saturated rings. The third kappa shape index (κ3) is 5.00. The number of nitrogens with zero attached hydrogens (tertiary/aromatic N) is 2. The molecule has 2 N–H and O–H groups in total. The molecule has 0 saturated carbocycles. The van der Waals surface area contributed by atoms with Crippen LogP contribution in [0.25, 0.3) is 56.7 Å². The lowest BCUT2D eigenvalue weighted by atomic mass is 10.0. The van der Waals surface area contributed by atoms with Crippen molar-refractivity contribution >= 4 is 34.2 Å². The van der Waals surface area contributed by atoms with Crippen molar-refractivity contribution in [3.63, 3.8) is 0 Å². The highest BCUT2D eigenvalue weighted by Crippen LogP contribution is 2.36. The molecule has 4 aromatic rings. The lowest BCUT2D eigenvalue weighted by molar-refractivity contribution is 0.0638. The Hall–Kier alpha value is -3.96. The number of ether oxygens (including phenoxy) is 1. The zero-order chi connectivity index (χ0) is 25.2. The molecule has 0 amide bonds. The molecule has 186 valence electrons. The van der Waals surface area contributed by atoms with Gasteiger partial charge in [-0.2, -0.15) is 0 Å². The molecule has 2 aliphatic heterocycles. The second-order valence-electron chi connectivity index (χ2n) is 9.84. The summed E-state index contributed by atoms with van der Waals surface area (Å²) >= 11 is 0. The lowest BCUT2D eigenvalue weighted by Gasteiger charge is -2.12. The summed E-state index contributed by atoms with van der Waals surface area (Å²) in [6.45, 7) is 5.14. The van der Waals surface area contributed by atoms with Gasteiger partial charge in [-0.1, -0.05) is 50.5 Å². The maximum Gasteiger partial charge on any atom is 0.0817 e. The first-order chi connectivity index (χ1) is 18.2. The largest absolute Gasteiger partial charge is 0.374 e. The van der Waals surface area contributed by atoms with Gasteiger partial charge in [0.25, 0.3) is 0 Å². The molecular weight excluding hydrogens is 456 g/mol. The number of benzene rings is 1. The van der Waals surface area contributed by atoms with Gasteiger partial charge in [0.1, 0.15) is 0 Å². The average molecular weight is 489 g/mol. The third-order valence-corrected chi connectivity index (χ3v) is 7.02. The molecule has 8 bridgehead atoms. The minimum absolute atomic E-state index is 0.0280. The highest BCUT2D eigenvalue weighted by Gasteiger charge is 2.17. The molecule has 6 rings (SSSR count). The van der Waals surface area contributed by atoms with E-state index >= 15 is 0 Å². The van der Waals surface area contributed by atoms with Crippen molar-refractivity contribution in [2.75, 3.05) is 6.61 Å². The van der Waals surface area contributed by atoms with Crippen molar-refractivity contribution in [2.24, 2.45) is 0 Å². The van der Waals surface area contributed by atoms with Crippen LogP contribution in [0.2, 0.25) is 0 Å². The van der Waals surface area contributed by atoms with Crippen molar-refractivity contribution in [2.45, 2.75) is 45.6 Å². The number of hydrogen-bond acceptors (Lipinski definition) is 3. The van der Waals surface area contributed by atoms with Crippen molar-refractivity contribution in [1.82, 2.24) is 19.9 Å². The highest BCUT2D eigenvalue weighted by atomic mass is 16.5. The molecule has 0 radical (unpaired) electrons. The maximum absolute atomic E-state index is 6.29. The first kappa shape index (κ1) is 23.4. The van der Waals surface area contributed by atoms with Gasteiger partial charge < -0.3 is 14.7 Å². The smallest absolute Gasteiger partial charge is 0.0817 e. The fourth-order valence-electron chi connectivity index (χ4n) is 5.08. The quantitative estimate of drug-likeness (QED) is 0.221. The molecule has 1 atom stereocenters. The van der Waals surface area contributed by atoms with E-state index in [2.05, 4.69) is 90.5 Å². The Bertz CT molecular complexity index is 1620. The van der Waals surface area contributed by atoms with Gasteiger partial charge in [0.15, 0.2) is 0 Å². The van der Waals surface area contributed by atoms with E-state index in [1.807, 2.05) is 12.2 Å². The van der Waals surface area contributed by atoms with Crippen LogP contribution < -0.4 is 0 Å². The summed E-state index contributed by atoms with van der Waals surface area (Å²) in [4.78, 5) is 17.0. The molecule has 0 aliphatic carbocycles. The molecule has 3 aromatic heterocycles. The molecule has 0 saturated heterocycles. The number of nitrogens with one attached hydrogen (secondary N) is 2. The Morgan fingerprint density at radius 1 is 0.730 bits per heavy atom. The fraction of sp³-hybridized carbons (Fsp3) is 0.250. The van der Waals surface area contributed by atoms with Crippen molar-refractivity contribution in [1.29, 1.82) is 0 Å². The predicted molar refractivity (Wildman–Crippen MR) is 153 cm³/mol. The third-order valence-electron chi connectivity index (χ3n) is 7.02. The van der Waals surface area contributed by atoms with Crippen LogP contribution in [0.5, 0.6) is 0 Å². The van der Waals surface area contributed by atoms with E-state index in [-0.39, 0.29) is 6.10 Å². The minimum Gasteiger partial charge on any atom is -0.374 e. The summed E-state index contributed by atoms with van der Waals surface area (Å²) in [5, 5.41) is 0. The molecule has 5 heterocycles. The summed E-state index contributed by atoms with van der Waals surface area (Å²) in [7, 11) is 0. The standard InChI is InChI=1S/C32H32N4O/c1-3-4-5-8-15-37-21(2)29-18-26-17-24-12-11-22(33-24)16-23-13-14-25(34-23)19-30-27-9-6-7-10-28(27)31(36-30)20-32(29)35-26/h6-7,9-14,16-21,33,35H,3-5,8,15H2,1-2H3. The van der Waals surface area contributed by atoms with Gasteiger partial charge in [-0.25, -0.2) is 9.97 Å². The number of aromatic amines is 2. The number of rotatable bonds is 7. The zero-order valence-electron chi connectivity index (χ0n) is 21.4. The maximum atomic E-state index is 6.29. The molecule has 1 aromatic carbocycles.